The molecule has 28 heavy (non-hydrogen) atoms. The summed E-state index contributed by atoms with van der Waals surface area (Å²) in [7, 11) is 0. The zero-order valence-electron chi connectivity index (χ0n) is 16.9. The topological polar surface area (TPSA) is 79.5 Å². The second kappa shape index (κ2) is 10.3. The summed E-state index contributed by atoms with van der Waals surface area (Å²) in [6, 6.07) is 14.6. The van der Waals surface area contributed by atoms with Crippen LogP contribution in [0.15, 0.2) is 48.5 Å². The first-order valence-electron chi connectivity index (χ1n) is 9.51. The third kappa shape index (κ3) is 7.31. The molecule has 0 saturated carbocycles. The van der Waals surface area contributed by atoms with Crippen LogP contribution in [0.3, 0.4) is 0 Å². The highest BCUT2D eigenvalue weighted by Gasteiger charge is 2.07. The van der Waals surface area contributed by atoms with Crippen LogP contribution in [0.1, 0.15) is 27.7 Å². The summed E-state index contributed by atoms with van der Waals surface area (Å²) >= 11 is 0. The molecule has 0 bridgehead atoms. The minimum Gasteiger partial charge on any atom is -0.493 e. The Balaban J connectivity index is 1.78. The second-order valence-corrected chi connectivity index (χ2v) is 7.35. The number of carbonyl (C=O) groups is 2. The number of carbonyl (C=O) groups excluding carboxylic acids is 2. The van der Waals surface area contributed by atoms with Crippen molar-refractivity contribution in [1.29, 1.82) is 0 Å². The van der Waals surface area contributed by atoms with Gasteiger partial charge in [0, 0.05) is 23.0 Å². The molecule has 0 aromatic heterocycles. The van der Waals surface area contributed by atoms with Gasteiger partial charge in [0.2, 0.25) is 11.8 Å². The monoisotopic (exact) mass is 383 g/mol. The Kier molecular flexibility index (Phi) is 7.87. The summed E-state index contributed by atoms with van der Waals surface area (Å²) in [6.07, 6.45) is 0. The van der Waals surface area contributed by atoms with Crippen molar-refractivity contribution in [3.63, 3.8) is 0 Å². The quantitative estimate of drug-likeness (QED) is 0.601. The molecule has 6 heteroatoms. The van der Waals surface area contributed by atoms with Crippen molar-refractivity contribution in [1.82, 2.24) is 0 Å². The molecule has 2 amide bonds. The van der Waals surface area contributed by atoms with E-state index in [1.807, 2.05) is 38.1 Å². The Bertz CT molecular complexity index is 769. The van der Waals surface area contributed by atoms with Gasteiger partial charge < -0.3 is 20.7 Å². The van der Waals surface area contributed by atoms with Crippen LogP contribution in [0.4, 0.5) is 17.1 Å². The van der Waals surface area contributed by atoms with Gasteiger partial charge in [-0.3, -0.25) is 9.59 Å². The second-order valence-electron chi connectivity index (χ2n) is 7.35. The molecule has 0 atom stereocenters. The number of hydrogen-bond acceptors (Lipinski definition) is 4. The normalized spacial score (nSPS) is 10.6. The Morgan fingerprint density at radius 3 is 1.89 bits per heavy atom. The van der Waals surface area contributed by atoms with Crippen molar-refractivity contribution in [3.05, 3.63) is 48.5 Å². The molecule has 0 aliphatic carbocycles. The molecule has 0 saturated heterocycles. The van der Waals surface area contributed by atoms with Crippen molar-refractivity contribution < 1.29 is 14.3 Å². The molecule has 0 radical (unpaired) electrons. The van der Waals surface area contributed by atoms with Crippen LogP contribution in [0.25, 0.3) is 0 Å². The fourth-order valence-electron chi connectivity index (χ4n) is 2.24. The van der Waals surface area contributed by atoms with Crippen molar-refractivity contribution in [3.8, 4) is 5.75 Å². The van der Waals surface area contributed by atoms with E-state index in [1.54, 1.807) is 24.3 Å². The molecule has 2 aromatic rings. The number of hydrogen-bond donors (Lipinski definition) is 3. The minimum atomic E-state index is -0.154. The van der Waals surface area contributed by atoms with Crippen molar-refractivity contribution in [2.24, 2.45) is 11.8 Å². The Morgan fingerprint density at radius 1 is 0.821 bits per heavy atom. The zero-order chi connectivity index (χ0) is 20.5. The summed E-state index contributed by atoms with van der Waals surface area (Å²) in [5.74, 6) is 1.01. The summed E-state index contributed by atoms with van der Waals surface area (Å²) in [5, 5.41) is 8.72. The van der Waals surface area contributed by atoms with E-state index in [4.69, 9.17) is 4.74 Å². The Labute approximate surface area is 166 Å². The van der Waals surface area contributed by atoms with Crippen molar-refractivity contribution >= 4 is 28.9 Å². The van der Waals surface area contributed by atoms with Crippen molar-refractivity contribution in [2.45, 2.75) is 27.7 Å². The molecule has 2 aromatic carbocycles. The number of rotatable bonds is 9. The van der Waals surface area contributed by atoms with Gasteiger partial charge in [-0.2, -0.15) is 0 Å². The van der Waals surface area contributed by atoms with Gasteiger partial charge in [0.15, 0.2) is 0 Å². The fourth-order valence-corrected chi connectivity index (χ4v) is 2.24. The summed E-state index contributed by atoms with van der Waals surface area (Å²) in [5.41, 5.74) is 2.22. The molecular formula is C22H29N3O3. The van der Waals surface area contributed by atoms with Crippen LogP contribution in [0, 0.1) is 11.8 Å². The molecule has 6 nitrogen and oxygen atoms in total. The van der Waals surface area contributed by atoms with Crippen molar-refractivity contribution in [2.75, 3.05) is 29.1 Å². The van der Waals surface area contributed by atoms with E-state index in [9.17, 15) is 9.59 Å². The molecule has 0 fully saturated rings. The first-order valence-corrected chi connectivity index (χ1v) is 9.51. The van der Waals surface area contributed by atoms with Crippen LogP contribution < -0.4 is 20.7 Å². The Hall–Kier alpha value is -3.02. The number of benzene rings is 2. The maximum absolute atomic E-state index is 12.1. The van der Waals surface area contributed by atoms with Gasteiger partial charge in [0.25, 0.3) is 0 Å². The first-order chi connectivity index (χ1) is 13.3. The highest BCUT2D eigenvalue weighted by molar-refractivity contribution is 5.95. The highest BCUT2D eigenvalue weighted by atomic mass is 16.5. The Morgan fingerprint density at radius 2 is 1.36 bits per heavy atom. The number of anilines is 3. The predicted octanol–water partition coefficient (Wildman–Crippen LogP) is 4.37. The van der Waals surface area contributed by atoms with Gasteiger partial charge in [0.05, 0.1) is 13.2 Å². The van der Waals surface area contributed by atoms with E-state index in [0.29, 0.717) is 23.9 Å². The molecule has 2 rings (SSSR count). The maximum Gasteiger partial charge on any atom is 0.243 e. The highest BCUT2D eigenvalue weighted by Crippen LogP contribution is 2.17. The summed E-state index contributed by atoms with van der Waals surface area (Å²) in [6.45, 7) is 8.70. The van der Waals surface area contributed by atoms with Crippen LogP contribution >= 0.6 is 0 Å². The van der Waals surface area contributed by atoms with Gasteiger partial charge in [-0.05, 0) is 54.4 Å². The van der Waals surface area contributed by atoms with E-state index in [1.165, 1.54) is 0 Å². The minimum absolute atomic E-state index is 0.0402. The van der Waals surface area contributed by atoms with E-state index in [0.717, 1.165) is 11.4 Å². The average molecular weight is 383 g/mol. The van der Waals surface area contributed by atoms with Gasteiger partial charge in [0.1, 0.15) is 5.75 Å². The summed E-state index contributed by atoms with van der Waals surface area (Å²) < 4.78 is 5.64. The maximum atomic E-state index is 12.1. The van der Waals surface area contributed by atoms with Gasteiger partial charge in [-0.15, -0.1) is 0 Å². The standard InChI is InChI=1S/C22H29N3O3/c1-15(2)14-28-20-11-9-17(10-12-20)23-13-21(26)24-18-5-7-19(8-6-18)25-22(27)16(3)4/h5-12,15-16,23H,13-14H2,1-4H3,(H,24,26)(H,25,27). The number of ether oxygens (including phenoxy) is 1. The van der Waals surface area contributed by atoms with Gasteiger partial charge >= 0.3 is 0 Å². The molecule has 0 aliphatic rings. The van der Waals surface area contributed by atoms with Crippen LogP contribution in [-0.2, 0) is 9.59 Å². The average Bonchev–Trinajstić information content (AvgIpc) is 2.67. The van der Waals surface area contributed by atoms with Gasteiger partial charge in [-0.1, -0.05) is 27.7 Å². The SMILES string of the molecule is CC(C)COc1ccc(NCC(=O)Nc2ccc(NC(=O)C(C)C)cc2)cc1. The lowest BCUT2D eigenvalue weighted by Crippen LogP contribution is -2.21. The number of amides is 2. The molecule has 0 unspecified atom stereocenters. The largest absolute Gasteiger partial charge is 0.493 e. The lowest BCUT2D eigenvalue weighted by atomic mass is 10.2. The molecule has 3 N–H and O–H groups in total. The molecule has 0 aliphatic heterocycles. The van der Waals surface area contributed by atoms with Crippen LogP contribution in [0.5, 0.6) is 5.75 Å². The smallest absolute Gasteiger partial charge is 0.243 e. The lowest BCUT2D eigenvalue weighted by molar-refractivity contribution is -0.119. The van der Waals surface area contributed by atoms with E-state index >= 15 is 0 Å². The summed E-state index contributed by atoms with van der Waals surface area (Å²) in [4.78, 5) is 23.8. The van der Waals surface area contributed by atoms with Gasteiger partial charge in [-0.25, -0.2) is 0 Å². The fraction of sp³-hybridized carbons (Fsp3) is 0.364. The molecule has 150 valence electrons. The predicted molar refractivity (Wildman–Crippen MR) is 114 cm³/mol. The molecule has 0 spiro atoms. The third-order valence-corrected chi connectivity index (χ3v) is 3.85. The van der Waals surface area contributed by atoms with E-state index < -0.39 is 0 Å². The number of nitrogens with one attached hydrogen (secondary N) is 3. The third-order valence-electron chi connectivity index (χ3n) is 3.85. The van der Waals surface area contributed by atoms with Crippen LogP contribution in [-0.4, -0.2) is 25.0 Å². The molecule has 0 heterocycles. The van der Waals surface area contributed by atoms with E-state index in [2.05, 4.69) is 29.8 Å². The zero-order valence-corrected chi connectivity index (χ0v) is 16.9. The molecular weight excluding hydrogens is 354 g/mol. The van der Waals surface area contributed by atoms with E-state index in [-0.39, 0.29) is 24.3 Å². The van der Waals surface area contributed by atoms with Crippen LogP contribution in [0.2, 0.25) is 0 Å². The lowest BCUT2D eigenvalue weighted by Gasteiger charge is -2.11. The first kappa shape index (κ1) is 21.3.